The van der Waals surface area contributed by atoms with E-state index in [1.54, 1.807) is 12.1 Å². The lowest BCUT2D eigenvalue weighted by molar-refractivity contribution is -0.385. The van der Waals surface area contributed by atoms with Gasteiger partial charge in [0.2, 0.25) is 0 Å². The minimum atomic E-state index is -1.38. The topological polar surface area (TPSA) is 96.3 Å². The van der Waals surface area contributed by atoms with Gasteiger partial charge < -0.3 is 14.5 Å². The van der Waals surface area contributed by atoms with Crippen LogP contribution in [-0.4, -0.2) is 46.4 Å². The molecule has 1 spiro atoms. The lowest BCUT2D eigenvalue weighted by Gasteiger charge is -2.36. The van der Waals surface area contributed by atoms with Gasteiger partial charge in [-0.1, -0.05) is 42.5 Å². The number of piperazine rings is 1. The summed E-state index contributed by atoms with van der Waals surface area (Å²) in [7, 11) is 2.97. The van der Waals surface area contributed by atoms with Crippen LogP contribution in [0.15, 0.2) is 60.3 Å². The molecule has 2 unspecified atom stereocenters. The molecule has 28 heavy (non-hydrogen) atoms. The highest BCUT2D eigenvalue weighted by Gasteiger charge is 2.71. The normalized spacial score (nSPS) is 25.5. The third kappa shape index (κ3) is 2.49. The Bertz CT molecular complexity index is 1020. The van der Waals surface area contributed by atoms with Crippen LogP contribution in [-0.2, 0) is 14.3 Å². The summed E-state index contributed by atoms with van der Waals surface area (Å²) in [6.07, 6.45) is 0.812. The summed E-state index contributed by atoms with van der Waals surface area (Å²) < 4.78 is 5.74. The van der Waals surface area contributed by atoms with Crippen molar-refractivity contribution in [3.05, 3.63) is 81.5 Å². The Morgan fingerprint density at radius 2 is 1.71 bits per heavy atom. The van der Waals surface area contributed by atoms with Crippen molar-refractivity contribution in [3.63, 3.8) is 0 Å². The molecule has 2 amide bonds. The van der Waals surface area contributed by atoms with E-state index < -0.39 is 28.6 Å². The summed E-state index contributed by atoms with van der Waals surface area (Å²) in [4.78, 5) is 39.3. The molecule has 0 radical (unpaired) electrons. The zero-order valence-electron chi connectivity index (χ0n) is 15.2. The summed E-state index contributed by atoms with van der Waals surface area (Å²) >= 11 is 0. The van der Waals surface area contributed by atoms with Crippen LogP contribution < -0.4 is 0 Å². The van der Waals surface area contributed by atoms with Crippen molar-refractivity contribution in [2.75, 3.05) is 14.1 Å². The van der Waals surface area contributed by atoms with Gasteiger partial charge in [-0.25, -0.2) is 0 Å². The Kier molecular flexibility index (Phi) is 4.01. The highest BCUT2D eigenvalue weighted by molar-refractivity contribution is 6.09. The standard InChI is InChI=1S/C20H17N3O5/c1-21-16(12-14-10-6-7-11-15(14)23(26)27)18(24)22(2)20(19(21)25)17(28-20)13-8-4-3-5-9-13/h3-12,17H,1-2H3/b16-12-. The number of para-hydroxylation sites is 1. The minimum absolute atomic E-state index is 0.0507. The molecular formula is C20H17N3O5. The number of epoxide rings is 1. The Balaban J connectivity index is 1.72. The summed E-state index contributed by atoms with van der Waals surface area (Å²) in [5.41, 5.74) is -0.426. The summed E-state index contributed by atoms with van der Waals surface area (Å²) in [5, 5.41) is 11.2. The Hall–Kier alpha value is -3.52. The zero-order chi connectivity index (χ0) is 20.1. The van der Waals surface area contributed by atoms with Crippen LogP contribution in [0.5, 0.6) is 0 Å². The van der Waals surface area contributed by atoms with Crippen LogP contribution >= 0.6 is 0 Å². The molecule has 0 N–H and O–H groups in total. The van der Waals surface area contributed by atoms with Crippen molar-refractivity contribution < 1.29 is 19.2 Å². The summed E-state index contributed by atoms with van der Waals surface area (Å²) in [6.45, 7) is 0. The summed E-state index contributed by atoms with van der Waals surface area (Å²) in [5.74, 6) is -0.841. The molecule has 8 heteroatoms. The molecule has 2 aromatic rings. The number of ether oxygens (including phenoxy) is 1. The SMILES string of the molecule is CN1C(=O)C2(OC2c2ccccc2)N(C)C(=O)/C1=C/c1ccccc1[N+](=O)[O-]. The first-order chi connectivity index (χ1) is 13.4. The quantitative estimate of drug-likeness (QED) is 0.353. The molecule has 2 atom stereocenters. The number of hydrogen-bond donors (Lipinski definition) is 0. The van der Waals surface area contributed by atoms with Gasteiger partial charge in [0.1, 0.15) is 11.8 Å². The fourth-order valence-corrected chi connectivity index (χ4v) is 3.53. The Labute approximate surface area is 160 Å². The molecule has 0 bridgehead atoms. The van der Waals surface area contributed by atoms with Gasteiger partial charge in [0.05, 0.1) is 10.5 Å². The Morgan fingerprint density at radius 3 is 2.39 bits per heavy atom. The molecule has 2 saturated heterocycles. The van der Waals surface area contributed by atoms with E-state index in [1.807, 2.05) is 30.3 Å². The molecule has 0 saturated carbocycles. The molecule has 2 aliphatic heterocycles. The number of benzene rings is 2. The average Bonchev–Trinajstić information content (AvgIpc) is 3.46. The summed E-state index contributed by atoms with van der Waals surface area (Å²) in [6, 6.07) is 15.3. The number of carbonyl (C=O) groups is 2. The van der Waals surface area contributed by atoms with E-state index in [0.29, 0.717) is 0 Å². The number of carbonyl (C=O) groups excluding carboxylic acids is 2. The third-order valence-electron chi connectivity index (χ3n) is 5.12. The fraction of sp³-hybridized carbons (Fsp3) is 0.200. The smallest absolute Gasteiger partial charge is 0.283 e. The molecule has 4 rings (SSSR count). The van der Waals surface area contributed by atoms with Crippen molar-refractivity contribution in [3.8, 4) is 0 Å². The van der Waals surface area contributed by atoms with E-state index in [1.165, 1.54) is 42.1 Å². The number of hydrogen-bond acceptors (Lipinski definition) is 5. The first-order valence-corrected chi connectivity index (χ1v) is 8.62. The van der Waals surface area contributed by atoms with E-state index in [9.17, 15) is 19.7 Å². The van der Waals surface area contributed by atoms with Gasteiger partial charge in [-0.05, 0) is 17.7 Å². The minimum Gasteiger partial charge on any atom is -0.331 e. The van der Waals surface area contributed by atoms with Gasteiger partial charge in [0.25, 0.3) is 23.2 Å². The van der Waals surface area contributed by atoms with Crippen LogP contribution in [0.25, 0.3) is 6.08 Å². The molecule has 142 valence electrons. The maximum Gasteiger partial charge on any atom is 0.283 e. The molecule has 2 aliphatic rings. The highest BCUT2D eigenvalue weighted by Crippen LogP contribution is 2.54. The fourth-order valence-electron chi connectivity index (χ4n) is 3.53. The van der Waals surface area contributed by atoms with Crippen molar-refractivity contribution in [1.82, 2.24) is 9.80 Å². The maximum atomic E-state index is 13.1. The second-order valence-corrected chi connectivity index (χ2v) is 6.68. The zero-order valence-corrected chi connectivity index (χ0v) is 15.2. The van der Waals surface area contributed by atoms with Crippen LogP contribution in [0.1, 0.15) is 17.2 Å². The number of rotatable bonds is 3. The van der Waals surface area contributed by atoms with E-state index in [2.05, 4.69) is 0 Å². The molecule has 8 nitrogen and oxygen atoms in total. The molecule has 2 heterocycles. The average molecular weight is 379 g/mol. The van der Waals surface area contributed by atoms with E-state index >= 15 is 0 Å². The van der Waals surface area contributed by atoms with Gasteiger partial charge >= 0.3 is 0 Å². The van der Waals surface area contributed by atoms with Gasteiger partial charge in [-0.3, -0.25) is 19.7 Å². The molecule has 2 fully saturated rings. The number of amides is 2. The predicted molar refractivity (Wildman–Crippen MR) is 99.6 cm³/mol. The number of nitro groups is 1. The van der Waals surface area contributed by atoms with Crippen molar-refractivity contribution >= 4 is 23.6 Å². The van der Waals surface area contributed by atoms with Gasteiger partial charge in [-0.2, -0.15) is 0 Å². The third-order valence-corrected chi connectivity index (χ3v) is 5.12. The van der Waals surface area contributed by atoms with Gasteiger partial charge in [-0.15, -0.1) is 0 Å². The molecule has 2 aromatic carbocycles. The number of likely N-dealkylation sites (N-methyl/N-ethyl adjacent to an activating group) is 2. The second kappa shape index (κ2) is 6.28. The van der Waals surface area contributed by atoms with Crippen LogP contribution in [0.2, 0.25) is 0 Å². The lowest BCUT2D eigenvalue weighted by Crippen LogP contribution is -2.58. The van der Waals surface area contributed by atoms with Crippen LogP contribution in [0.3, 0.4) is 0 Å². The number of nitro benzene ring substituents is 1. The first kappa shape index (κ1) is 17.9. The Morgan fingerprint density at radius 1 is 1.07 bits per heavy atom. The van der Waals surface area contributed by atoms with Crippen molar-refractivity contribution in [2.24, 2.45) is 0 Å². The first-order valence-electron chi connectivity index (χ1n) is 8.62. The maximum absolute atomic E-state index is 13.1. The van der Waals surface area contributed by atoms with Crippen molar-refractivity contribution in [1.29, 1.82) is 0 Å². The molecule has 0 aliphatic carbocycles. The van der Waals surface area contributed by atoms with E-state index in [4.69, 9.17) is 4.74 Å². The van der Waals surface area contributed by atoms with E-state index in [0.717, 1.165) is 5.56 Å². The van der Waals surface area contributed by atoms with Crippen LogP contribution in [0.4, 0.5) is 5.69 Å². The van der Waals surface area contributed by atoms with Gasteiger partial charge in [0, 0.05) is 20.2 Å². The van der Waals surface area contributed by atoms with E-state index in [-0.39, 0.29) is 16.9 Å². The number of nitrogens with zero attached hydrogens (tertiary/aromatic N) is 3. The largest absolute Gasteiger partial charge is 0.331 e. The molecular weight excluding hydrogens is 362 g/mol. The van der Waals surface area contributed by atoms with Crippen LogP contribution in [0, 0.1) is 10.1 Å². The highest BCUT2D eigenvalue weighted by atomic mass is 16.6. The monoisotopic (exact) mass is 379 g/mol. The van der Waals surface area contributed by atoms with Crippen molar-refractivity contribution in [2.45, 2.75) is 11.8 Å². The lowest BCUT2D eigenvalue weighted by atomic mass is 10.00. The molecule has 0 aromatic heterocycles. The van der Waals surface area contributed by atoms with Gasteiger partial charge in [0.15, 0.2) is 0 Å². The predicted octanol–water partition coefficient (Wildman–Crippen LogP) is 2.33. The second-order valence-electron chi connectivity index (χ2n) is 6.68.